The van der Waals surface area contributed by atoms with Gasteiger partial charge in [-0.25, -0.2) is 4.98 Å². The molecule has 2 nitrogen and oxygen atoms in total. The molecule has 0 saturated carbocycles. The third kappa shape index (κ3) is 2.88. The van der Waals surface area contributed by atoms with Crippen molar-refractivity contribution in [3.8, 4) is 0 Å². The van der Waals surface area contributed by atoms with Crippen LogP contribution in [0.3, 0.4) is 0 Å². The lowest BCUT2D eigenvalue weighted by atomic mass is 9.92. The topological polar surface area (TPSA) is 26.0 Å². The number of hydrogen-bond acceptors (Lipinski definition) is 2. The molecule has 1 heterocycles. The number of fused-ring (bicyclic) bond motifs is 1. The van der Waals surface area contributed by atoms with Crippen molar-refractivity contribution in [2.24, 2.45) is 0 Å². The van der Waals surface area contributed by atoms with Crippen molar-refractivity contribution in [3.63, 3.8) is 0 Å². The van der Waals surface area contributed by atoms with Crippen LogP contribution in [-0.2, 0) is 6.42 Å². The fraction of sp³-hybridized carbons (Fsp3) is 0.0952. The second-order valence-electron chi connectivity index (χ2n) is 5.67. The van der Waals surface area contributed by atoms with E-state index >= 15 is 0 Å². The number of rotatable bonds is 4. The summed E-state index contributed by atoms with van der Waals surface area (Å²) in [5, 5.41) is 0. The molecule has 0 spiro atoms. The predicted molar refractivity (Wildman–Crippen MR) is 92.4 cm³/mol. The largest absolute Gasteiger partial charge is 0.440 e. The van der Waals surface area contributed by atoms with E-state index in [1.807, 2.05) is 36.4 Å². The molecule has 0 bridgehead atoms. The van der Waals surface area contributed by atoms with E-state index in [9.17, 15) is 0 Å². The monoisotopic (exact) mass is 299 g/mol. The summed E-state index contributed by atoms with van der Waals surface area (Å²) < 4.78 is 6.05. The summed E-state index contributed by atoms with van der Waals surface area (Å²) in [5.41, 5.74) is 4.26. The summed E-state index contributed by atoms with van der Waals surface area (Å²) >= 11 is 0. The Bertz CT molecular complexity index is 864. The highest BCUT2D eigenvalue weighted by Crippen LogP contribution is 2.30. The Labute approximate surface area is 135 Å². The van der Waals surface area contributed by atoms with Gasteiger partial charge in [0.1, 0.15) is 5.52 Å². The second-order valence-corrected chi connectivity index (χ2v) is 5.67. The third-order valence-electron chi connectivity index (χ3n) is 4.09. The summed E-state index contributed by atoms with van der Waals surface area (Å²) in [6, 6.07) is 28.9. The van der Waals surface area contributed by atoms with Crippen LogP contribution >= 0.6 is 0 Å². The van der Waals surface area contributed by atoms with E-state index in [2.05, 4.69) is 48.5 Å². The highest BCUT2D eigenvalue weighted by Gasteiger charge is 2.20. The summed E-state index contributed by atoms with van der Waals surface area (Å²) in [6.07, 6.45) is 0.873. The van der Waals surface area contributed by atoms with Gasteiger partial charge in [0.15, 0.2) is 5.58 Å². The second kappa shape index (κ2) is 6.09. The van der Waals surface area contributed by atoms with Crippen LogP contribution in [-0.4, -0.2) is 4.98 Å². The molecule has 1 atom stereocenters. The van der Waals surface area contributed by atoms with Gasteiger partial charge in [0.2, 0.25) is 5.89 Å². The highest BCUT2D eigenvalue weighted by atomic mass is 16.3. The lowest BCUT2D eigenvalue weighted by molar-refractivity contribution is 0.497. The minimum atomic E-state index is 0.117. The molecule has 0 radical (unpaired) electrons. The molecule has 0 unspecified atom stereocenters. The van der Waals surface area contributed by atoms with Crippen molar-refractivity contribution in [1.82, 2.24) is 4.98 Å². The van der Waals surface area contributed by atoms with Crippen LogP contribution < -0.4 is 0 Å². The van der Waals surface area contributed by atoms with Crippen molar-refractivity contribution in [3.05, 3.63) is 102 Å². The normalized spacial score (nSPS) is 12.3. The average Bonchev–Trinajstić information content (AvgIpc) is 3.05. The van der Waals surface area contributed by atoms with E-state index in [0.717, 1.165) is 23.4 Å². The van der Waals surface area contributed by atoms with E-state index in [-0.39, 0.29) is 5.92 Å². The van der Waals surface area contributed by atoms with Gasteiger partial charge in [-0.2, -0.15) is 0 Å². The zero-order chi connectivity index (χ0) is 15.5. The summed E-state index contributed by atoms with van der Waals surface area (Å²) in [4.78, 5) is 4.72. The van der Waals surface area contributed by atoms with E-state index < -0.39 is 0 Å². The van der Waals surface area contributed by atoms with Crippen LogP contribution in [0.5, 0.6) is 0 Å². The van der Waals surface area contributed by atoms with Crippen molar-refractivity contribution >= 4 is 11.1 Å². The number of oxazole rings is 1. The Morgan fingerprint density at radius 3 is 2.13 bits per heavy atom. The zero-order valence-corrected chi connectivity index (χ0v) is 12.7. The Morgan fingerprint density at radius 1 is 0.739 bits per heavy atom. The summed E-state index contributed by atoms with van der Waals surface area (Å²) in [5.74, 6) is 0.896. The maximum atomic E-state index is 6.05. The third-order valence-corrected chi connectivity index (χ3v) is 4.09. The Kier molecular flexibility index (Phi) is 3.65. The molecule has 0 saturated heterocycles. The molecular formula is C21H17NO. The molecule has 0 amide bonds. The van der Waals surface area contributed by atoms with Gasteiger partial charge in [-0.1, -0.05) is 72.8 Å². The number of nitrogens with zero attached hydrogens (tertiary/aromatic N) is 1. The number of hydrogen-bond donors (Lipinski definition) is 0. The Balaban J connectivity index is 1.78. The number of benzene rings is 3. The molecule has 0 N–H and O–H groups in total. The first-order valence-corrected chi connectivity index (χ1v) is 7.84. The lowest BCUT2D eigenvalue weighted by Gasteiger charge is -2.14. The standard InChI is InChI=1S/C21H17NO/c1-3-9-16(10-4-1)15-18(17-11-5-2-6-12-17)21-22-19-13-7-8-14-20(19)23-21/h1-14,18H,15H2/t18-/m0/s1. The van der Waals surface area contributed by atoms with E-state index in [0.29, 0.717) is 0 Å². The lowest BCUT2D eigenvalue weighted by Crippen LogP contribution is -2.05. The van der Waals surface area contributed by atoms with Gasteiger partial charge in [-0.15, -0.1) is 0 Å². The van der Waals surface area contributed by atoms with Gasteiger partial charge >= 0.3 is 0 Å². The molecule has 3 aromatic carbocycles. The average molecular weight is 299 g/mol. The summed E-state index contributed by atoms with van der Waals surface area (Å²) in [7, 11) is 0. The zero-order valence-electron chi connectivity index (χ0n) is 12.7. The van der Waals surface area contributed by atoms with Gasteiger partial charge in [0.25, 0.3) is 0 Å². The maximum Gasteiger partial charge on any atom is 0.203 e. The van der Waals surface area contributed by atoms with Gasteiger partial charge in [-0.3, -0.25) is 0 Å². The molecule has 0 fully saturated rings. The van der Waals surface area contributed by atoms with Crippen LogP contribution in [0.1, 0.15) is 22.9 Å². The SMILES string of the molecule is c1ccc(C[C@@H](c2ccccc2)c2nc3ccccc3o2)cc1. The van der Waals surface area contributed by atoms with Crippen molar-refractivity contribution in [1.29, 1.82) is 0 Å². The minimum absolute atomic E-state index is 0.117. The highest BCUT2D eigenvalue weighted by molar-refractivity contribution is 5.72. The van der Waals surface area contributed by atoms with Crippen LogP contribution in [0.4, 0.5) is 0 Å². The molecule has 4 rings (SSSR count). The smallest absolute Gasteiger partial charge is 0.203 e. The number of para-hydroxylation sites is 2. The number of aromatic nitrogens is 1. The first-order chi connectivity index (χ1) is 11.4. The Hall–Kier alpha value is -2.87. The van der Waals surface area contributed by atoms with Gasteiger partial charge in [0.05, 0.1) is 5.92 Å². The fourth-order valence-electron chi connectivity index (χ4n) is 2.92. The maximum absolute atomic E-state index is 6.05. The van der Waals surface area contributed by atoms with Crippen molar-refractivity contribution < 1.29 is 4.42 Å². The van der Waals surface area contributed by atoms with Crippen molar-refractivity contribution in [2.45, 2.75) is 12.3 Å². The first kappa shape index (κ1) is 13.8. The van der Waals surface area contributed by atoms with Gasteiger partial charge in [0, 0.05) is 0 Å². The molecular weight excluding hydrogens is 282 g/mol. The van der Waals surface area contributed by atoms with Crippen LogP contribution in [0.25, 0.3) is 11.1 Å². The molecule has 23 heavy (non-hydrogen) atoms. The van der Waals surface area contributed by atoms with Crippen LogP contribution in [0, 0.1) is 0 Å². The first-order valence-electron chi connectivity index (χ1n) is 7.84. The Morgan fingerprint density at radius 2 is 1.39 bits per heavy atom. The molecule has 1 aromatic heterocycles. The minimum Gasteiger partial charge on any atom is -0.440 e. The summed E-state index contributed by atoms with van der Waals surface area (Å²) in [6.45, 7) is 0. The van der Waals surface area contributed by atoms with Crippen LogP contribution in [0.2, 0.25) is 0 Å². The van der Waals surface area contributed by atoms with Gasteiger partial charge in [-0.05, 0) is 29.7 Å². The molecule has 0 aliphatic rings. The molecule has 4 aromatic rings. The molecule has 0 aliphatic carbocycles. The molecule has 112 valence electrons. The van der Waals surface area contributed by atoms with E-state index in [1.165, 1.54) is 11.1 Å². The fourth-order valence-corrected chi connectivity index (χ4v) is 2.92. The van der Waals surface area contributed by atoms with Crippen LogP contribution in [0.15, 0.2) is 89.3 Å². The van der Waals surface area contributed by atoms with E-state index in [1.54, 1.807) is 0 Å². The van der Waals surface area contributed by atoms with E-state index in [4.69, 9.17) is 9.40 Å². The molecule has 0 aliphatic heterocycles. The predicted octanol–water partition coefficient (Wildman–Crippen LogP) is 5.20. The van der Waals surface area contributed by atoms with Gasteiger partial charge < -0.3 is 4.42 Å². The van der Waals surface area contributed by atoms with Crippen molar-refractivity contribution in [2.75, 3.05) is 0 Å². The molecule has 2 heteroatoms. The quantitative estimate of drug-likeness (QED) is 0.517.